The van der Waals surface area contributed by atoms with Crippen LogP contribution >= 0.6 is 0 Å². The Kier molecular flexibility index (Phi) is 3.92. The molecule has 1 aromatic rings. The number of hydrogen-bond acceptors (Lipinski definition) is 2. The van der Waals surface area contributed by atoms with Gasteiger partial charge in [-0.25, -0.2) is 4.79 Å². The zero-order valence-electron chi connectivity index (χ0n) is 8.86. The molecule has 0 aliphatic rings. The van der Waals surface area contributed by atoms with E-state index < -0.39 is 5.97 Å². The monoisotopic (exact) mass is 206 g/mol. The van der Waals surface area contributed by atoms with E-state index in [-0.39, 0.29) is 6.61 Å². The third kappa shape index (κ3) is 3.85. The molecule has 3 nitrogen and oxygen atoms in total. The minimum atomic E-state index is -0.959. The lowest BCUT2D eigenvalue weighted by atomic mass is 10.1. The van der Waals surface area contributed by atoms with Gasteiger partial charge >= 0.3 is 5.97 Å². The topological polar surface area (TPSA) is 46.5 Å². The van der Waals surface area contributed by atoms with Crippen LogP contribution in [0.2, 0.25) is 0 Å². The third-order valence-electron chi connectivity index (χ3n) is 1.93. The number of aryl methyl sites for hydroxylation is 2. The molecule has 1 N–H and O–H groups in total. The van der Waals surface area contributed by atoms with E-state index in [1.54, 1.807) is 0 Å². The number of ether oxygens (including phenoxy) is 1. The van der Waals surface area contributed by atoms with Crippen molar-refractivity contribution < 1.29 is 14.6 Å². The van der Waals surface area contributed by atoms with Gasteiger partial charge in [-0.2, -0.15) is 0 Å². The summed E-state index contributed by atoms with van der Waals surface area (Å²) in [6.45, 7) is 4.25. The van der Waals surface area contributed by atoms with Crippen LogP contribution in [0.15, 0.2) is 30.4 Å². The average Bonchev–Trinajstić information content (AvgIpc) is 2.14. The molecule has 0 atom stereocenters. The first-order chi connectivity index (χ1) is 7.09. The number of carboxylic acid groups (broad SMARTS) is 1. The molecular weight excluding hydrogens is 192 g/mol. The lowest BCUT2D eigenvalue weighted by Gasteiger charge is -2.07. The summed E-state index contributed by atoms with van der Waals surface area (Å²) in [4.78, 5) is 10.2. The third-order valence-corrected chi connectivity index (χ3v) is 1.93. The van der Waals surface area contributed by atoms with Crippen LogP contribution in [0.3, 0.4) is 0 Å². The highest BCUT2D eigenvalue weighted by atomic mass is 16.5. The molecule has 0 heterocycles. The molecule has 0 saturated heterocycles. The second-order valence-corrected chi connectivity index (χ2v) is 3.32. The van der Waals surface area contributed by atoms with Gasteiger partial charge in [-0.05, 0) is 31.6 Å². The van der Waals surface area contributed by atoms with Gasteiger partial charge in [0.05, 0.1) is 0 Å². The van der Waals surface area contributed by atoms with Crippen LogP contribution in [0.25, 0.3) is 0 Å². The normalized spacial score (nSPS) is 10.5. The fraction of sp³-hybridized carbons (Fsp3) is 0.250. The van der Waals surface area contributed by atoms with Gasteiger partial charge in [0.15, 0.2) is 0 Å². The molecular formula is C12H14O3. The van der Waals surface area contributed by atoms with Crippen LogP contribution in [-0.2, 0) is 4.79 Å². The predicted octanol–water partition coefficient (Wildman–Crippen LogP) is 2.32. The van der Waals surface area contributed by atoms with Crippen molar-refractivity contribution >= 4 is 5.97 Å². The molecule has 15 heavy (non-hydrogen) atoms. The van der Waals surface area contributed by atoms with Crippen LogP contribution in [0.4, 0.5) is 0 Å². The minimum Gasteiger partial charge on any atom is -0.489 e. The Balaban J connectivity index is 2.54. The molecule has 0 amide bonds. The molecule has 0 bridgehead atoms. The van der Waals surface area contributed by atoms with Crippen LogP contribution in [0.5, 0.6) is 5.75 Å². The first kappa shape index (κ1) is 11.3. The molecule has 0 unspecified atom stereocenters. The molecule has 0 aliphatic heterocycles. The molecule has 0 radical (unpaired) electrons. The maximum Gasteiger partial charge on any atom is 0.328 e. The average molecular weight is 206 g/mol. The maximum absolute atomic E-state index is 10.2. The summed E-state index contributed by atoms with van der Waals surface area (Å²) in [5.41, 5.74) is 2.24. The van der Waals surface area contributed by atoms with E-state index in [1.165, 1.54) is 11.6 Å². The Morgan fingerprint density at radius 3 is 2.80 bits per heavy atom. The van der Waals surface area contributed by atoms with E-state index >= 15 is 0 Å². The van der Waals surface area contributed by atoms with Crippen molar-refractivity contribution in [1.29, 1.82) is 0 Å². The van der Waals surface area contributed by atoms with E-state index in [4.69, 9.17) is 9.84 Å². The van der Waals surface area contributed by atoms with Gasteiger partial charge in [0, 0.05) is 6.08 Å². The van der Waals surface area contributed by atoms with E-state index in [2.05, 4.69) is 0 Å². The fourth-order valence-electron chi connectivity index (χ4n) is 1.25. The molecule has 0 aromatic heterocycles. The number of aliphatic carboxylic acids is 1. The highest BCUT2D eigenvalue weighted by Gasteiger charge is 1.97. The SMILES string of the molecule is Cc1ccc(OC/C=C/C(=O)O)c(C)c1. The summed E-state index contributed by atoms with van der Waals surface area (Å²) in [5, 5.41) is 8.36. The summed E-state index contributed by atoms with van der Waals surface area (Å²) in [6.07, 6.45) is 2.55. The summed E-state index contributed by atoms with van der Waals surface area (Å²) in [5.74, 6) is -0.171. The highest BCUT2D eigenvalue weighted by Crippen LogP contribution is 2.18. The standard InChI is InChI=1S/C12H14O3/c1-9-5-6-11(10(2)8-9)15-7-3-4-12(13)14/h3-6,8H,7H2,1-2H3,(H,13,14)/b4-3+. The first-order valence-corrected chi connectivity index (χ1v) is 4.69. The van der Waals surface area contributed by atoms with Gasteiger partial charge < -0.3 is 9.84 Å². The molecule has 0 spiro atoms. The Morgan fingerprint density at radius 2 is 2.20 bits per heavy atom. The molecule has 0 saturated carbocycles. The number of carboxylic acids is 1. The van der Waals surface area contributed by atoms with Crippen molar-refractivity contribution in [2.45, 2.75) is 13.8 Å². The van der Waals surface area contributed by atoms with Gasteiger partial charge in [0.25, 0.3) is 0 Å². The van der Waals surface area contributed by atoms with Crippen molar-refractivity contribution in [3.8, 4) is 5.75 Å². The van der Waals surface area contributed by atoms with Crippen LogP contribution in [-0.4, -0.2) is 17.7 Å². The first-order valence-electron chi connectivity index (χ1n) is 4.69. The number of benzene rings is 1. The Hall–Kier alpha value is -1.77. The predicted molar refractivity (Wildman–Crippen MR) is 58.2 cm³/mol. The van der Waals surface area contributed by atoms with Crippen molar-refractivity contribution in [2.24, 2.45) is 0 Å². The second kappa shape index (κ2) is 5.20. The van der Waals surface area contributed by atoms with Crippen LogP contribution in [0, 0.1) is 13.8 Å². The second-order valence-electron chi connectivity index (χ2n) is 3.32. The van der Waals surface area contributed by atoms with Gasteiger partial charge in [-0.3, -0.25) is 0 Å². The Morgan fingerprint density at radius 1 is 1.47 bits per heavy atom. The lowest BCUT2D eigenvalue weighted by molar-refractivity contribution is -0.131. The Bertz CT molecular complexity index is 380. The number of rotatable bonds is 4. The molecule has 3 heteroatoms. The van der Waals surface area contributed by atoms with Crippen molar-refractivity contribution in [3.63, 3.8) is 0 Å². The molecule has 1 rings (SSSR count). The largest absolute Gasteiger partial charge is 0.489 e. The van der Waals surface area contributed by atoms with E-state index in [0.29, 0.717) is 0 Å². The van der Waals surface area contributed by atoms with E-state index in [1.807, 2.05) is 32.0 Å². The summed E-state index contributed by atoms with van der Waals surface area (Å²) >= 11 is 0. The van der Waals surface area contributed by atoms with Crippen molar-refractivity contribution in [2.75, 3.05) is 6.61 Å². The van der Waals surface area contributed by atoms with Gasteiger partial charge in [-0.1, -0.05) is 17.7 Å². The van der Waals surface area contributed by atoms with Crippen LogP contribution < -0.4 is 4.74 Å². The molecule has 80 valence electrons. The summed E-state index contributed by atoms with van der Waals surface area (Å²) in [6, 6.07) is 5.87. The van der Waals surface area contributed by atoms with Gasteiger partial charge in [-0.15, -0.1) is 0 Å². The molecule has 0 fully saturated rings. The van der Waals surface area contributed by atoms with E-state index in [9.17, 15) is 4.79 Å². The maximum atomic E-state index is 10.2. The van der Waals surface area contributed by atoms with Gasteiger partial charge in [0.1, 0.15) is 12.4 Å². The molecule has 0 aliphatic carbocycles. The quantitative estimate of drug-likeness (QED) is 0.769. The summed E-state index contributed by atoms with van der Waals surface area (Å²) in [7, 11) is 0. The smallest absolute Gasteiger partial charge is 0.328 e. The zero-order chi connectivity index (χ0) is 11.3. The fourth-order valence-corrected chi connectivity index (χ4v) is 1.25. The van der Waals surface area contributed by atoms with E-state index in [0.717, 1.165) is 17.4 Å². The lowest BCUT2D eigenvalue weighted by Crippen LogP contribution is -1.97. The Labute approximate surface area is 89.0 Å². The molecule has 1 aromatic carbocycles. The summed E-state index contributed by atoms with van der Waals surface area (Å²) < 4.78 is 5.39. The van der Waals surface area contributed by atoms with Crippen LogP contribution in [0.1, 0.15) is 11.1 Å². The van der Waals surface area contributed by atoms with Gasteiger partial charge in [0.2, 0.25) is 0 Å². The van der Waals surface area contributed by atoms with Crippen molar-refractivity contribution in [3.05, 3.63) is 41.5 Å². The highest BCUT2D eigenvalue weighted by molar-refractivity contribution is 5.79. The minimum absolute atomic E-state index is 0.274. The number of carbonyl (C=O) groups is 1. The zero-order valence-corrected chi connectivity index (χ0v) is 8.86. The van der Waals surface area contributed by atoms with Crippen molar-refractivity contribution in [1.82, 2.24) is 0 Å². The number of hydrogen-bond donors (Lipinski definition) is 1.